The first kappa shape index (κ1) is 34.8. The van der Waals surface area contributed by atoms with Crippen molar-refractivity contribution in [3.05, 3.63) is 107 Å². The summed E-state index contributed by atoms with van der Waals surface area (Å²) in [4.78, 5) is 25.4. The van der Waals surface area contributed by atoms with E-state index in [0.717, 1.165) is 4.90 Å². The van der Waals surface area contributed by atoms with E-state index >= 15 is 0 Å². The summed E-state index contributed by atoms with van der Waals surface area (Å²) >= 11 is 0. The van der Waals surface area contributed by atoms with Crippen molar-refractivity contribution in [2.24, 2.45) is 11.7 Å². The SMILES string of the molecule is NC(OC(=O)C(F)(F)F)C(=O)N1CCC(OCc2cc(C(F)(F)F)cc(C(F)(F)F)c2)C(C(c2ccccc2)c2ccccc2)C1. The quantitative estimate of drug-likeness (QED) is 0.165. The lowest BCUT2D eigenvalue weighted by Crippen LogP contribution is -2.54. The van der Waals surface area contributed by atoms with Crippen LogP contribution < -0.4 is 5.73 Å². The highest BCUT2D eigenvalue weighted by Crippen LogP contribution is 2.40. The second-order valence-corrected chi connectivity index (χ2v) is 10.6. The molecule has 0 bridgehead atoms. The van der Waals surface area contributed by atoms with Crippen LogP contribution >= 0.6 is 0 Å². The number of hydrogen-bond acceptors (Lipinski definition) is 5. The number of carbonyl (C=O) groups excluding carboxylic acids is 2. The molecule has 1 aliphatic heterocycles. The predicted octanol–water partition coefficient (Wildman–Crippen LogP) is 6.68. The Morgan fingerprint density at radius 1 is 0.804 bits per heavy atom. The molecule has 4 rings (SSSR count). The predicted molar refractivity (Wildman–Crippen MR) is 145 cm³/mol. The molecule has 3 aromatic carbocycles. The fraction of sp³-hybridized carbons (Fsp3) is 0.355. The Morgan fingerprint density at radius 2 is 1.30 bits per heavy atom. The summed E-state index contributed by atoms with van der Waals surface area (Å²) in [7, 11) is 0. The van der Waals surface area contributed by atoms with Crippen LogP contribution in [-0.2, 0) is 38.0 Å². The molecule has 0 aliphatic carbocycles. The monoisotopic (exact) mass is 662 g/mol. The van der Waals surface area contributed by atoms with Crippen molar-refractivity contribution in [2.45, 2.75) is 49.8 Å². The molecular weight excluding hydrogens is 635 g/mol. The van der Waals surface area contributed by atoms with E-state index in [1.54, 1.807) is 60.7 Å². The number of hydrogen-bond donors (Lipinski definition) is 1. The van der Waals surface area contributed by atoms with E-state index in [-0.39, 0.29) is 25.6 Å². The molecule has 1 heterocycles. The van der Waals surface area contributed by atoms with E-state index in [2.05, 4.69) is 4.74 Å². The van der Waals surface area contributed by atoms with Gasteiger partial charge in [0.25, 0.3) is 5.91 Å². The summed E-state index contributed by atoms with van der Waals surface area (Å²) < 4.78 is 129. The molecule has 0 radical (unpaired) electrons. The van der Waals surface area contributed by atoms with Crippen LogP contribution in [0.5, 0.6) is 0 Å². The van der Waals surface area contributed by atoms with Crippen LogP contribution in [0.4, 0.5) is 39.5 Å². The Balaban J connectivity index is 1.68. The summed E-state index contributed by atoms with van der Waals surface area (Å²) in [5, 5.41) is 0. The van der Waals surface area contributed by atoms with E-state index < -0.39 is 77.9 Å². The maximum absolute atomic E-state index is 13.5. The molecule has 1 aliphatic rings. The highest BCUT2D eigenvalue weighted by Gasteiger charge is 2.45. The van der Waals surface area contributed by atoms with Crippen molar-refractivity contribution in [1.82, 2.24) is 4.90 Å². The number of nitrogens with zero attached hydrogens (tertiary/aromatic N) is 1. The van der Waals surface area contributed by atoms with Crippen LogP contribution in [-0.4, -0.2) is 48.4 Å². The highest BCUT2D eigenvalue weighted by molar-refractivity contribution is 5.84. The van der Waals surface area contributed by atoms with Crippen molar-refractivity contribution in [3.8, 4) is 0 Å². The molecule has 46 heavy (non-hydrogen) atoms. The first-order chi connectivity index (χ1) is 21.4. The molecule has 0 saturated carbocycles. The third kappa shape index (κ3) is 8.57. The number of rotatable bonds is 8. The largest absolute Gasteiger partial charge is 0.490 e. The summed E-state index contributed by atoms with van der Waals surface area (Å²) in [6.07, 6.45) is -18.7. The van der Waals surface area contributed by atoms with Crippen molar-refractivity contribution in [2.75, 3.05) is 13.1 Å². The van der Waals surface area contributed by atoms with E-state index in [9.17, 15) is 49.1 Å². The average Bonchev–Trinajstić information content (AvgIpc) is 2.99. The van der Waals surface area contributed by atoms with Gasteiger partial charge < -0.3 is 14.4 Å². The van der Waals surface area contributed by atoms with Crippen molar-refractivity contribution < 1.29 is 58.6 Å². The molecular formula is C31H27F9N2O4. The first-order valence-corrected chi connectivity index (χ1v) is 13.8. The van der Waals surface area contributed by atoms with E-state index in [4.69, 9.17) is 10.5 Å². The Bertz CT molecular complexity index is 1420. The van der Waals surface area contributed by atoms with Gasteiger partial charge in [0.15, 0.2) is 0 Å². The summed E-state index contributed by atoms with van der Waals surface area (Å²) in [5.74, 6) is -5.09. The lowest BCUT2D eigenvalue weighted by Gasteiger charge is -2.43. The molecule has 1 amide bonds. The fourth-order valence-electron chi connectivity index (χ4n) is 5.41. The molecule has 2 N–H and O–H groups in total. The van der Waals surface area contributed by atoms with Crippen molar-refractivity contribution >= 4 is 11.9 Å². The number of alkyl halides is 9. The summed E-state index contributed by atoms with van der Waals surface area (Å²) in [6.45, 7) is -1.04. The van der Waals surface area contributed by atoms with Crippen LogP contribution in [0.1, 0.15) is 40.2 Å². The van der Waals surface area contributed by atoms with E-state index in [0.29, 0.717) is 23.3 Å². The van der Waals surface area contributed by atoms with Crippen LogP contribution in [0.3, 0.4) is 0 Å². The van der Waals surface area contributed by atoms with Crippen LogP contribution in [0.2, 0.25) is 0 Å². The molecule has 3 unspecified atom stereocenters. The zero-order chi connectivity index (χ0) is 33.9. The van der Waals surface area contributed by atoms with E-state index in [1.807, 2.05) is 0 Å². The molecule has 3 atom stereocenters. The minimum atomic E-state index is -5.40. The van der Waals surface area contributed by atoms with Gasteiger partial charge in [-0.3, -0.25) is 10.5 Å². The number of esters is 1. The number of nitrogens with two attached hydrogens (primary N) is 1. The van der Waals surface area contributed by atoms with Crippen LogP contribution in [0.25, 0.3) is 0 Å². The maximum atomic E-state index is 13.5. The Kier molecular flexibility index (Phi) is 10.4. The number of ether oxygens (including phenoxy) is 2. The molecule has 248 valence electrons. The molecule has 0 spiro atoms. The highest BCUT2D eigenvalue weighted by atomic mass is 19.4. The second kappa shape index (κ2) is 13.7. The van der Waals surface area contributed by atoms with Gasteiger partial charge in [-0.05, 0) is 41.3 Å². The normalized spacial score (nSPS) is 18.4. The first-order valence-electron chi connectivity index (χ1n) is 13.8. The number of carbonyl (C=O) groups is 2. The summed E-state index contributed by atoms with van der Waals surface area (Å²) in [5.41, 5.74) is 3.53. The number of likely N-dealkylation sites (tertiary alicyclic amines) is 1. The van der Waals surface area contributed by atoms with Gasteiger partial charge in [0, 0.05) is 24.9 Å². The number of piperidine rings is 1. The Labute approximate surface area is 256 Å². The lowest BCUT2D eigenvalue weighted by molar-refractivity contribution is -0.206. The van der Waals surface area contributed by atoms with Crippen LogP contribution in [0, 0.1) is 5.92 Å². The Hall–Kier alpha value is -4.11. The number of amides is 1. The third-order valence-electron chi connectivity index (χ3n) is 7.47. The molecule has 1 saturated heterocycles. The Morgan fingerprint density at radius 3 is 1.76 bits per heavy atom. The smallest absolute Gasteiger partial charge is 0.430 e. The topological polar surface area (TPSA) is 81.9 Å². The number of benzene rings is 3. The molecule has 3 aromatic rings. The second-order valence-electron chi connectivity index (χ2n) is 10.6. The minimum Gasteiger partial charge on any atom is -0.430 e. The molecule has 15 heteroatoms. The zero-order valence-corrected chi connectivity index (χ0v) is 23.7. The number of halogens is 9. The molecule has 1 fully saturated rings. The third-order valence-corrected chi connectivity index (χ3v) is 7.47. The summed E-state index contributed by atoms with van der Waals surface area (Å²) in [6, 6.07) is 18.7. The molecule has 0 aromatic heterocycles. The lowest BCUT2D eigenvalue weighted by atomic mass is 9.75. The van der Waals surface area contributed by atoms with Gasteiger partial charge in [-0.1, -0.05) is 60.7 Å². The van der Waals surface area contributed by atoms with Gasteiger partial charge in [-0.25, -0.2) is 4.79 Å². The van der Waals surface area contributed by atoms with Gasteiger partial charge in [0.05, 0.1) is 23.8 Å². The minimum absolute atomic E-state index is 0.00603. The van der Waals surface area contributed by atoms with Gasteiger partial charge in [0.2, 0.25) is 6.23 Å². The van der Waals surface area contributed by atoms with Gasteiger partial charge in [-0.2, -0.15) is 39.5 Å². The van der Waals surface area contributed by atoms with Crippen LogP contribution in [0.15, 0.2) is 78.9 Å². The van der Waals surface area contributed by atoms with Crippen molar-refractivity contribution in [3.63, 3.8) is 0 Å². The fourth-order valence-corrected chi connectivity index (χ4v) is 5.41. The van der Waals surface area contributed by atoms with Gasteiger partial charge >= 0.3 is 24.5 Å². The average molecular weight is 663 g/mol. The van der Waals surface area contributed by atoms with Gasteiger partial charge in [0.1, 0.15) is 0 Å². The zero-order valence-electron chi connectivity index (χ0n) is 23.7. The van der Waals surface area contributed by atoms with Gasteiger partial charge in [-0.15, -0.1) is 0 Å². The van der Waals surface area contributed by atoms with Crippen molar-refractivity contribution in [1.29, 1.82) is 0 Å². The maximum Gasteiger partial charge on any atom is 0.490 e. The standard InChI is InChI=1S/C31H27F9N2O4/c32-29(33,34)21-13-18(14-22(15-21)30(35,36)37)17-45-24-11-12-42(27(43)26(41)46-28(44)31(38,39)40)16-23(24)25(19-7-3-1-4-8-19)20-9-5-2-6-10-20/h1-10,13-15,23-26H,11-12,16-17,41H2. The molecule has 6 nitrogen and oxygen atoms in total. The van der Waals surface area contributed by atoms with E-state index in [1.165, 1.54) is 0 Å².